The topological polar surface area (TPSA) is 79.2 Å². The van der Waals surface area contributed by atoms with Gasteiger partial charge in [-0.05, 0) is 5.56 Å². The van der Waals surface area contributed by atoms with Gasteiger partial charge in [0.05, 0.1) is 13.2 Å². The van der Waals surface area contributed by atoms with E-state index in [1.807, 2.05) is 30.3 Å². The van der Waals surface area contributed by atoms with Crippen LogP contribution >= 0.6 is 0 Å². The Morgan fingerprint density at radius 2 is 1.82 bits per heavy atom. The zero-order valence-corrected chi connectivity index (χ0v) is 9.27. The van der Waals surface area contributed by atoms with Crippen molar-refractivity contribution in [2.75, 3.05) is 6.61 Å². The van der Waals surface area contributed by atoms with Crippen LogP contribution in [0.4, 0.5) is 0 Å². The first-order valence-electron chi connectivity index (χ1n) is 5.50. The van der Waals surface area contributed by atoms with Gasteiger partial charge < -0.3 is 24.8 Å². The molecule has 4 atom stereocenters. The number of benzene rings is 1. The van der Waals surface area contributed by atoms with E-state index in [2.05, 4.69) is 0 Å². The first-order chi connectivity index (χ1) is 8.22. The molecule has 2 rings (SSSR count). The van der Waals surface area contributed by atoms with Crippen molar-refractivity contribution in [3.63, 3.8) is 0 Å². The molecule has 0 spiro atoms. The molecule has 1 heterocycles. The first kappa shape index (κ1) is 12.5. The minimum atomic E-state index is -1.13. The minimum Gasteiger partial charge on any atom is -0.394 e. The fraction of sp³-hybridized carbons (Fsp3) is 0.500. The first-order valence-corrected chi connectivity index (χ1v) is 5.50. The third-order valence-corrected chi connectivity index (χ3v) is 2.76. The molecule has 0 saturated carbocycles. The Kier molecular flexibility index (Phi) is 4.09. The van der Waals surface area contributed by atoms with E-state index in [1.165, 1.54) is 0 Å². The van der Waals surface area contributed by atoms with Gasteiger partial charge in [-0.15, -0.1) is 0 Å². The molecule has 0 bridgehead atoms. The van der Waals surface area contributed by atoms with Crippen LogP contribution in [-0.2, 0) is 16.1 Å². The third-order valence-electron chi connectivity index (χ3n) is 2.76. The van der Waals surface area contributed by atoms with E-state index < -0.39 is 24.6 Å². The molecular weight excluding hydrogens is 224 g/mol. The molecule has 1 unspecified atom stereocenters. The Balaban J connectivity index is 1.88. The molecule has 1 aliphatic rings. The number of rotatable bonds is 4. The second-order valence-corrected chi connectivity index (χ2v) is 4.00. The average Bonchev–Trinajstić information content (AvgIpc) is 2.65. The fourth-order valence-corrected chi connectivity index (χ4v) is 1.76. The molecule has 3 N–H and O–H groups in total. The van der Waals surface area contributed by atoms with Gasteiger partial charge in [0, 0.05) is 0 Å². The molecule has 0 aromatic heterocycles. The Hall–Kier alpha value is -0.980. The quantitative estimate of drug-likeness (QED) is 0.670. The van der Waals surface area contributed by atoms with Crippen molar-refractivity contribution in [2.24, 2.45) is 0 Å². The highest BCUT2D eigenvalue weighted by Crippen LogP contribution is 2.22. The van der Waals surface area contributed by atoms with E-state index in [0.29, 0.717) is 0 Å². The van der Waals surface area contributed by atoms with E-state index in [-0.39, 0.29) is 13.2 Å². The van der Waals surface area contributed by atoms with E-state index in [4.69, 9.17) is 14.6 Å². The number of aliphatic hydroxyl groups is 3. The van der Waals surface area contributed by atoms with Gasteiger partial charge in [-0.1, -0.05) is 30.3 Å². The van der Waals surface area contributed by atoms with Gasteiger partial charge >= 0.3 is 0 Å². The Bertz CT molecular complexity index is 342. The maximum Gasteiger partial charge on any atom is 0.187 e. The van der Waals surface area contributed by atoms with E-state index in [9.17, 15) is 10.2 Å². The zero-order chi connectivity index (χ0) is 12.3. The van der Waals surface area contributed by atoms with Crippen LogP contribution in [0.2, 0.25) is 0 Å². The monoisotopic (exact) mass is 240 g/mol. The van der Waals surface area contributed by atoms with Gasteiger partial charge in [0.25, 0.3) is 0 Å². The summed E-state index contributed by atoms with van der Waals surface area (Å²) in [5.74, 6) is 0. The van der Waals surface area contributed by atoms with E-state index in [0.717, 1.165) is 5.56 Å². The molecule has 94 valence electrons. The molecule has 1 fully saturated rings. The highest BCUT2D eigenvalue weighted by molar-refractivity contribution is 5.13. The molecule has 1 aliphatic heterocycles. The summed E-state index contributed by atoms with van der Waals surface area (Å²) in [6.45, 7) is -0.0587. The third kappa shape index (κ3) is 2.83. The Morgan fingerprint density at radius 1 is 1.12 bits per heavy atom. The molecule has 0 aliphatic carbocycles. The zero-order valence-electron chi connectivity index (χ0n) is 9.27. The fourth-order valence-electron chi connectivity index (χ4n) is 1.76. The molecule has 17 heavy (non-hydrogen) atoms. The number of hydrogen-bond acceptors (Lipinski definition) is 5. The van der Waals surface area contributed by atoms with Crippen LogP contribution in [0, 0.1) is 0 Å². The minimum absolute atomic E-state index is 0.285. The molecule has 1 saturated heterocycles. The average molecular weight is 240 g/mol. The number of aliphatic hydroxyl groups excluding tert-OH is 3. The summed E-state index contributed by atoms with van der Waals surface area (Å²) in [6.07, 6.45) is -3.93. The lowest BCUT2D eigenvalue weighted by atomic mass is 10.1. The van der Waals surface area contributed by atoms with Crippen molar-refractivity contribution in [3.05, 3.63) is 35.9 Å². The normalized spacial score (nSPS) is 32.9. The maximum atomic E-state index is 9.63. The summed E-state index contributed by atoms with van der Waals surface area (Å²) >= 11 is 0. The lowest BCUT2D eigenvalue weighted by molar-refractivity contribution is -0.175. The van der Waals surface area contributed by atoms with Crippen molar-refractivity contribution in [1.29, 1.82) is 0 Å². The van der Waals surface area contributed by atoms with Gasteiger partial charge in [0.15, 0.2) is 6.29 Å². The highest BCUT2D eigenvalue weighted by Gasteiger charge is 2.42. The molecule has 0 amide bonds. The molecule has 5 nitrogen and oxygen atoms in total. The van der Waals surface area contributed by atoms with Gasteiger partial charge in [0.2, 0.25) is 0 Å². The number of hydrogen-bond donors (Lipinski definition) is 3. The SMILES string of the molecule is OC[C@@H]1OC(OCc2ccccc2)[C@@H](O)[C@@H]1O. The molecule has 1 aromatic rings. The predicted octanol–water partition coefficient (Wildman–Crippen LogP) is -0.358. The Morgan fingerprint density at radius 3 is 2.41 bits per heavy atom. The van der Waals surface area contributed by atoms with Crippen LogP contribution in [0.15, 0.2) is 30.3 Å². The largest absolute Gasteiger partial charge is 0.394 e. The van der Waals surface area contributed by atoms with Crippen LogP contribution in [0.25, 0.3) is 0 Å². The summed E-state index contributed by atoms with van der Waals surface area (Å²) in [6, 6.07) is 9.45. The lowest BCUT2D eigenvalue weighted by Crippen LogP contribution is -2.34. The van der Waals surface area contributed by atoms with Crippen LogP contribution in [0.5, 0.6) is 0 Å². The van der Waals surface area contributed by atoms with E-state index >= 15 is 0 Å². The summed E-state index contributed by atoms with van der Waals surface area (Å²) in [5.41, 5.74) is 0.949. The van der Waals surface area contributed by atoms with Gasteiger partial charge in [-0.3, -0.25) is 0 Å². The maximum absolute atomic E-state index is 9.63. The van der Waals surface area contributed by atoms with Crippen molar-refractivity contribution in [3.8, 4) is 0 Å². The van der Waals surface area contributed by atoms with Crippen LogP contribution < -0.4 is 0 Å². The summed E-state index contributed by atoms with van der Waals surface area (Å²) < 4.78 is 10.5. The van der Waals surface area contributed by atoms with Crippen molar-refractivity contribution < 1.29 is 24.8 Å². The van der Waals surface area contributed by atoms with Gasteiger partial charge in [0.1, 0.15) is 18.3 Å². The second-order valence-electron chi connectivity index (χ2n) is 4.00. The van der Waals surface area contributed by atoms with Gasteiger partial charge in [-0.25, -0.2) is 0 Å². The molecule has 5 heteroatoms. The second kappa shape index (κ2) is 5.57. The smallest absolute Gasteiger partial charge is 0.187 e. The van der Waals surface area contributed by atoms with Crippen molar-refractivity contribution in [2.45, 2.75) is 31.2 Å². The summed E-state index contributed by atoms with van der Waals surface area (Å²) in [4.78, 5) is 0. The highest BCUT2D eigenvalue weighted by atomic mass is 16.7. The number of ether oxygens (including phenoxy) is 2. The lowest BCUT2D eigenvalue weighted by Gasteiger charge is -2.15. The van der Waals surface area contributed by atoms with Crippen molar-refractivity contribution in [1.82, 2.24) is 0 Å². The Labute approximate surface area is 99.2 Å². The summed E-state index contributed by atoms with van der Waals surface area (Å²) in [5, 5.41) is 28.0. The van der Waals surface area contributed by atoms with Crippen LogP contribution in [0.1, 0.15) is 5.56 Å². The molecule has 0 radical (unpaired) electrons. The molecular formula is C12H16O5. The van der Waals surface area contributed by atoms with Gasteiger partial charge in [-0.2, -0.15) is 0 Å². The predicted molar refractivity (Wildman–Crippen MR) is 59.0 cm³/mol. The molecule has 1 aromatic carbocycles. The van der Waals surface area contributed by atoms with Crippen LogP contribution in [-0.4, -0.2) is 46.5 Å². The van der Waals surface area contributed by atoms with Crippen molar-refractivity contribution >= 4 is 0 Å². The van der Waals surface area contributed by atoms with E-state index in [1.54, 1.807) is 0 Å². The summed E-state index contributed by atoms with van der Waals surface area (Å²) in [7, 11) is 0. The van der Waals surface area contributed by atoms with Crippen LogP contribution in [0.3, 0.4) is 0 Å². The standard InChI is InChI=1S/C12H16O5/c13-6-9-10(14)11(15)12(17-9)16-7-8-4-2-1-3-5-8/h1-5,9-15H,6-7H2/t9-,10+,11-,12?/m0/s1.